The van der Waals surface area contributed by atoms with Gasteiger partial charge in [-0.15, -0.1) is 22.7 Å². The Hall–Kier alpha value is -2.43. The van der Waals surface area contributed by atoms with Crippen LogP contribution < -0.4 is 5.43 Å². The monoisotopic (exact) mass is 523 g/mol. The van der Waals surface area contributed by atoms with Gasteiger partial charge < -0.3 is 14.7 Å². The van der Waals surface area contributed by atoms with Crippen molar-refractivity contribution in [3.63, 3.8) is 0 Å². The minimum absolute atomic E-state index is 0.0448. The Morgan fingerprint density at radius 3 is 2.58 bits per heavy atom. The van der Waals surface area contributed by atoms with Crippen LogP contribution in [0.5, 0.6) is 5.75 Å². The summed E-state index contributed by atoms with van der Waals surface area (Å²) < 4.78 is 5.27. The Balaban J connectivity index is 1.44. The van der Waals surface area contributed by atoms with E-state index in [9.17, 15) is 14.7 Å². The van der Waals surface area contributed by atoms with Crippen LogP contribution in [-0.2, 0) is 4.74 Å². The minimum Gasteiger partial charge on any atom is -0.506 e. The van der Waals surface area contributed by atoms with E-state index in [1.165, 1.54) is 11.3 Å². The van der Waals surface area contributed by atoms with Gasteiger partial charge in [0, 0.05) is 18.5 Å². The summed E-state index contributed by atoms with van der Waals surface area (Å²) in [5, 5.41) is 17.4. The highest BCUT2D eigenvalue weighted by molar-refractivity contribution is 7.16. The van der Waals surface area contributed by atoms with E-state index >= 15 is 0 Å². The number of amides is 2. The zero-order chi connectivity index (χ0) is 23.5. The van der Waals surface area contributed by atoms with Gasteiger partial charge in [-0.25, -0.2) is 5.43 Å². The largest absolute Gasteiger partial charge is 0.506 e. The number of hydrogen-bond acceptors (Lipinski definition) is 7. The summed E-state index contributed by atoms with van der Waals surface area (Å²) in [7, 11) is 0. The SMILES string of the molecule is CC(=NNC(=O)c1ccc(C(=O)N2CCOCC2)s1)c1csc(-c2ccc(Cl)c(Cl)c2)c1O. The molecule has 0 unspecified atom stereocenters. The van der Waals surface area contributed by atoms with Crippen molar-refractivity contribution in [1.82, 2.24) is 10.3 Å². The zero-order valence-electron chi connectivity index (χ0n) is 17.4. The normalized spacial score (nSPS) is 14.4. The number of morpholine rings is 1. The molecule has 3 heterocycles. The summed E-state index contributed by atoms with van der Waals surface area (Å²) in [6.07, 6.45) is 0. The number of benzene rings is 1. The lowest BCUT2D eigenvalue weighted by Crippen LogP contribution is -2.40. The van der Waals surface area contributed by atoms with Gasteiger partial charge in [-0.2, -0.15) is 5.10 Å². The van der Waals surface area contributed by atoms with Crippen molar-refractivity contribution < 1.29 is 19.4 Å². The van der Waals surface area contributed by atoms with Gasteiger partial charge >= 0.3 is 0 Å². The van der Waals surface area contributed by atoms with E-state index < -0.39 is 5.91 Å². The van der Waals surface area contributed by atoms with E-state index in [0.29, 0.717) is 62.3 Å². The maximum atomic E-state index is 12.6. The molecule has 1 aliphatic heterocycles. The van der Waals surface area contributed by atoms with E-state index in [1.807, 2.05) is 0 Å². The van der Waals surface area contributed by atoms with E-state index in [-0.39, 0.29) is 11.7 Å². The summed E-state index contributed by atoms with van der Waals surface area (Å²) in [4.78, 5) is 28.3. The maximum absolute atomic E-state index is 12.6. The van der Waals surface area contributed by atoms with Crippen LogP contribution in [0.15, 0.2) is 40.8 Å². The molecule has 3 aromatic rings. The fourth-order valence-corrected chi connectivity index (χ4v) is 5.36. The number of halogens is 2. The maximum Gasteiger partial charge on any atom is 0.281 e. The lowest BCUT2D eigenvalue weighted by Gasteiger charge is -2.26. The Morgan fingerprint density at radius 2 is 1.85 bits per heavy atom. The van der Waals surface area contributed by atoms with Gasteiger partial charge in [0.1, 0.15) is 5.75 Å². The van der Waals surface area contributed by atoms with Crippen molar-refractivity contribution >= 4 is 63.4 Å². The van der Waals surface area contributed by atoms with Crippen molar-refractivity contribution in [3.05, 3.63) is 61.1 Å². The van der Waals surface area contributed by atoms with Crippen LogP contribution in [0.1, 0.15) is 31.8 Å². The van der Waals surface area contributed by atoms with Gasteiger partial charge in [0.05, 0.1) is 49.2 Å². The first-order valence-corrected chi connectivity index (χ1v) is 12.4. The van der Waals surface area contributed by atoms with Crippen LogP contribution in [0.2, 0.25) is 10.0 Å². The standard InChI is InChI=1S/C22H19Cl2N3O4S2/c1-12(14-11-32-20(19(14)28)13-2-3-15(23)16(24)10-13)25-26-21(29)17-4-5-18(33-17)22(30)27-6-8-31-9-7-27/h2-5,10-11,28H,6-9H2,1H3,(H,26,29). The first kappa shape index (κ1) is 23.7. The van der Waals surface area contributed by atoms with Gasteiger partial charge in [0.25, 0.3) is 11.8 Å². The van der Waals surface area contributed by atoms with Crippen LogP contribution >= 0.6 is 45.9 Å². The number of hydrazone groups is 1. The van der Waals surface area contributed by atoms with E-state index in [4.69, 9.17) is 27.9 Å². The molecule has 33 heavy (non-hydrogen) atoms. The second-order valence-corrected chi connectivity index (χ2v) is 9.94. The number of rotatable bonds is 5. The molecule has 2 amide bonds. The Bertz CT molecular complexity index is 1230. The molecule has 11 heteroatoms. The smallest absolute Gasteiger partial charge is 0.281 e. The number of aromatic hydroxyl groups is 1. The van der Waals surface area contributed by atoms with Crippen LogP contribution in [0.4, 0.5) is 0 Å². The zero-order valence-corrected chi connectivity index (χ0v) is 20.6. The summed E-state index contributed by atoms with van der Waals surface area (Å²) in [6, 6.07) is 8.36. The number of nitrogens with one attached hydrogen (secondary N) is 1. The molecule has 172 valence electrons. The number of nitrogens with zero attached hydrogens (tertiary/aromatic N) is 2. The summed E-state index contributed by atoms with van der Waals surface area (Å²) in [6.45, 7) is 3.79. The molecular weight excluding hydrogens is 505 g/mol. The number of carbonyl (C=O) groups excluding carboxylic acids is 2. The molecule has 2 N–H and O–H groups in total. The van der Waals surface area contributed by atoms with Crippen molar-refractivity contribution in [1.29, 1.82) is 0 Å². The van der Waals surface area contributed by atoms with E-state index in [1.54, 1.807) is 47.5 Å². The average Bonchev–Trinajstić information content (AvgIpc) is 3.46. The number of carbonyl (C=O) groups is 2. The molecule has 0 bridgehead atoms. The predicted octanol–water partition coefficient (Wildman–Crippen LogP) is 5.12. The highest BCUT2D eigenvalue weighted by Crippen LogP contribution is 2.40. The Labute approximate surface area is 208 Å². The van der Waals surface area contributed by atoms with E-state index in [2.05, 4.69) is 10.5 Å². The second kappa shape index (κ2) is 10.2. The molecule has 7 nitrogen and oxygen atoms in total. The van der Waals surface area contributed by atoms with Crippen molar-refractivity contribution in [3.8, 4) is 16.2 Å². The third-order valence-corrected chi connectivity index (χ3v) is 7.83. The number of thiophene rings is 2. The lowest BCUT2D eigenvalue weighted by atomic mass is 10.1. The van der Waals surface area contributed by atoms with Crippen LogP contribution in [0, 0.1) is 0 Å². The fourth-order valence-electron chi connectivity index (χ4n) is 3.20. The molecule has 4 rings (SSSR count). The molecule has 1 fully saturated rings. The average molecular weight is 524 g/mol. The van der Waals surface area contributed by atoms with Crippen LogP contribution in [0.25, 0.3) is 10.4 Å². The van der Waals surface area contributed by atoms with Crippen LogP contribution in [-0.4, -0.2) is 53.8 Å². The molecule has 0 aliphatic carbocycles. The molecule has 0 saturated carbocycles. The van der Waals surface area contributed by atoms with Crippen molar-refractivity contribution in [2.75, 3.05) is 26.3 Å². The predicted molar refractivity (Wildman–Crippen MR) is 132 cm³/mol. The molecule has 0 atom stereocenters. The Morgan fingerprint density at radius 1 is 1.12 bits per heavy atom. The molecule has 2 aromatic heterocycles. The highest BCUT2D eigenvalue weighted by Gasteiger charge is 2.21. The molecule has 0 radical (unpaired) electrons. The molecule has 1 aromatic carbocycles. The second-order valence-electron chi connectivity index (χ2n) is 7.16. The summed E-state index contributed by atoms with van der Waals surface area (Å²) in [5.74, 6) is -0.497. The minimum atomic E-state index is -0.431. The first-order valence-electron chi connectivity index (χ1n) is 9.93. The van der Waals surface area contributed by atoms with Gasteiger partial charge in [0.2, 0.25) is 0 Å². The molecular formula is C22H19Cl2N3O4S2. The van der Waals surface area contributed by atoms with Crippen molar-refractivity contribution in [2.24, 2.45) is 5.10 Å². The topological polar surface area (TPSA) is 91.2 Å². The third kappa shape index (κ3) is 5.23. The molecule has 0 spiro atoms. The summed E-state index contributed by atoms with van der Waals surface area (Å²) >= 11 is 14.5. The quantitative estimate of drug-likeness (QED) is 0.358. The van der Waals surface area contributed by atoms with Gasteiger partial charge in [-0.05, 0) is 36.8 Å². The third-order valence-electron chi connectivity index (χ3n) is 5.00. The van der Waals surface area contributed by atoms with Gasteiger partial charge in [0.15, 0.2) is 0 Å². The fraction of sp³-hybridized carbons (Fsp3) is 0.227. The van der Waals surface area contributed by atoms with Crippen LogP contribution in [0.3, 0.4) is 0 Å². The molecule has 1 saturated heterocycles. The number of hydrogen-bond donors (Lipinski definition) is 2. The highest BCUT2D eigenvalue weighted by atomic mass is 35.5. The summed E-state index contributed by atoms with van der Waals surface area (Å²) in [5.41, 5.74) is 4.15. The lowest BCUT2D eigenvalue weighted by molar-refractivity contribution is 0.0306. The Kier molecular flexibility index (Phi) is 7.35. The van der Waals surface area contributed by atoms with Gasteiger partial charge in [-0.3, -0.25) is 9.59 Å². The van der Waals surface area contributed by atoms with E-state index in [0.717, 1.165) is 16.9 Å². The van der Waals surface area contributed by atoms with Gasteiger partial charge in [-0.1, -0.05) is 29.3 Å². The number of ether oxygens (including phenoxy) is 1. The van der Waals surface area contributed by atoms with Crippen molar-refractivity contribution in [2.45, 2.75) is 6.92 Å². The molecule has 1 aliphatic rings. The first-order chi connectivity index (χ1) is 15.8.